The summed E-state index contributed by atoms with van der Waals surface area (Å²) in [6.07, 6.45) is 3.22. The zero-order valence-corrected chi connectivity index (χ0v) is 12.3. The highest BCUT2D eigenvalue weighted by Crippen LogP contribution is 2.23. The highest BCUT2D eigenvalue weighted by molar-refractivity contribution is 5.85. The van der Waals surface area contributed by atoms with Crippen molar-refractivity contribution in [2.75, 3.05) is 19.8 Å². The molecule has 116 valence electrons. The molecule has 0 heterocycles. The number of para-hydroxylation sites is 1. The van der Waals surface area contributed by atoms with Crippen molar-refractivity contribution in [3.63, 3.8) is 0 Å². The summed E-state index contributed by atoms with van der Waals surface area (Å²) < 4.78 is 24.5. The summed E-state index contributed by atoms with van der Waals surface area (Å²) in [5.74, 6) is -1.00. The van der Waals surface area contributed by atoms with Gasteiger partial charge in [-0.1, -0.05) is 26.0 Å². The highest BCUT2D eigenvalue weighted by atomic mass is 19.1. The summed E-state index contributed by atoms with van der Waals surface area (Å²) in [6.45, 7) is 5.45. The molecule has 0 radical (unpaired) electrons. The number of rotatable bonds is 9. The van der Waals surface area contributed by atoms with Crippen molar-refractivity contribution in [2.24, 2.45) is 5.92 Å². The van der Waals surface area contributed by atoms with Crippen LogP contribution in [0.2, 0.25) is 0 Å². The number of ether oxygens (including phenoxy) is 2. The molecule has 1 aromatic carbocycles. The van der Waals surface area contributed by atoms with Crippen molar-refractivity contribution in [1.29, 1.82) is 0 Å². The van der Waals surface area contributed by atoms with Crippen molar-refractivity contribution in [3.05, 3.63) is 35.7 Å². The van der Waals surface area contributed by atoms with Crippen LogP contribution in [0.1, 0.15) is 25.8 Å². The lowest BCUT2D eigenvalue weighted by molar-refractivity contribution is -0.131. The second kappa shape index (κ2) is 9.13. The molecular formula is C16H21FO4. The Hall–Kier alpha value is -1.88. The Morgan fingerprint density at radius 3 is 2.76 bits per heavy atom. The predicted octanol–water partition coefficient (Wildman–Crippen LogP) is 3.37. The van der Waals surface area contributed by atoms with E-state index in [1.165, 1.54) is 18.2 Å². The van der Waals surface area contributed by atoms with Crippen molar-refractivity contribution in [1.82, 2.24) is 0 Å². The maximum Gasteiger partial charge on any atom is 0.328 e. The number of hydrogen-bond acceptors (Lipinski definition) is 3. The Morgan fingerprint density at radius 1 is 1.33 bits per heavy atom. The lowest BCUT2D eigenvalue weighted by Crippen LogP contribution is -2.10. The maximum absolute atomic E-state index is 13.7. The van der Waals surface area contributed by atoms with Gasteiger partial charge in [0.25, 0.3) is 0 Å². The van der Waals surface area contributed by atoms with Gasteiger partial charge in [0, 0.05) is 18.2 Å². The standard InChI is InChI=1S/C16H21FO4/c1-12(2)8-9-20-10-11-21-16-13(6-7-15(18)19)4-3-5-14(16)17/h3-7,12H,8-11H2,1-2H3,(H,18,19)/b7-6+. The normalized spacial score (nSPS) is 11.2. The van der Waals surface area contributed by atoms with Gasteiger partial charge in [0.2, 0.25) is 0 Å². The molecule has 5 heteroatoms. The van der Waals surface area contributed by atoms with Crippen LogP contribution in [0.25, 0.3) is 6.08 Å². The third kappa shape index (κ3) is 6.90. The minimum absolute atomic E-state index is 0.0439. The molecule has 0 fully saturated rings. The van der Waals surface area contributed by atoms with E-state index in [1.54, 1.807) is 6.07 Å². The van der Waals surface area contributed by atoms with E-state index in [2.05, 4.69) is 13.8 Å². The monoisotopic (exact) mass is 296 g/mol. The van der Waals surface area contributed by atoms with Crippen molar-refractivity contribution >= 4 is 12.0 Å². The van der Waals surface area contributed by atoms with Gasteiger partial charge >= 0.3 is 5.97 Å². The van der Waals surface area contributed by atoms with Gasteiger partial charge in [0.15, 0.2) is 11.6 Å². The number of carboxylic acids is 1. The van der Waals surface area contributed by atoms with E-state index in [1.807, 2.05) is 0 Å². The van der Waals surface area contributed by atoms with Gasteiger partial charge < -0.3 is 14.6 Å². The van der Waals surface area contributed by atoms with Crippen LogP contribution in [0.3, 0.4) is 0 Å². The molecule has 0 amide bonds. The SMILES string of the molecule is CC(C)CCOCCOc1c(F)cccc1/C=C/C(=O)O. The summed E-state index contributed by atoms with van der Waals surface area (Å²) in [4.78, 5) is 10.5. The first-order valence-corrected chi connectivity index (χ1v) is 6.90. The van der Waals surface area contributed by atoms with E-state index in [0.29, 0.717) is 24.7 Å². The van der Waals surface area contributed by atoms with Crippen molar-refractivity contribution in [3.8, 4) is 5.75 Å². The van der Waals surface area contributed by atoms with E-state index in [0.717, 1.165) is 12.5 Å². The number of aliphatic carboxylic acids is 1. The molecule has 0 spiro atoms. The van der Waals surface area contributed by atoms with Gasteiger partial charge in [-0.2, -0.15) is 0 Å². The number of carboxylic acid groups (broad SMARTS) is 1. The number of carbonyl (C=O) groups is 1. The largest absolute Gasteiger partial charge is 0.487 e. The van der Waals surface area contributed by atoms with Crippen molar-refractivity contribution < 1.29 is 23.8 Å². The van der Waals surface area contributed by atoms with Crippen LogP contribution in [-0.2, 0) is 9.53 Å². The molecule has 1 rings (SSSR count). The van der Waals surface area contributed by atoms with Gasteiger partial charge in [-0.05, 0) is 24.5 Å². The summed E-state index contributed by atoms with van der Waals surface area (Å²) in [5, 5.41) is 8.61. The van der Waals surface area contributed by atoms with Gasteiger partial charge in [-0.25, -0.2) is 9.18 Å². The second-order valence-electron chi connectivity index (χ2n) is 4.97. The van der Waals surface area contributed by atoms with Gasteiger partial charge in [-0.15, -0.1) is 0 Å². The first kappa shape index (κ1) is 17.2. The molecule has 4 nitrogen and oxygen atoms in total. The van der Waals surface area contributed by atoms with E-state index >= 15 is 0 Å². The second-order valence-corrected chi connectivity index (χ2v) is 4.97. The maximum atomic E-state index is 13.7. The molecule has 21 heavy (non-hydrogen) atoms. The van der Waals surface area contributed by atoms with Crippen LogP contribution in [0.15, 0.2) is 24.3 Å². The first-order valence-electron chi connectivity index (χ1n) is 6.90. The van der Waals surface area contributed by atoms with Crippen molar-refractivity contribution in [2.45, 2.75) is 20.3 Å². The molecule has 0 aromatic heterocycles. The quantitative estimate of drug-likeness (QED) is 0.561. The zero-order chi connectivity index (χ0) is 15.7. The Kier molecular flexibility index (Phi) is 7.46. The first-order chi connectivity index (χ1) is 10.0. The van der Waals surface area contributed by atoms with Crippen LogP contribution in [-0.4, -0.2) is 30.9 Å². The highest BCUT2D eigenvalue weighted by Gasteiger charge is 2.08. The van der Waals surface area contributed by atoms with E-state index in [4.69, 9.17) is 14.6 Å². The molecule has 0 saturated heterocycles. The van der Waals surface area contributed by atoms with E-state index in [-0.39, 0.29) is 12.4 Å². The van der Waals surface area contributed by atoms with Crippen LogP contribution in [0.5, 0.6) is 5.75 Å². The smallest absolute Gasteiger partial charge is 0.328 e. The lowest BCUT2D eigenvalue weighted by Gasteiger charge is -2.11. The average molecular weight is 296 g/mol. The van der Waals surface area contributed by atoms with E-state index in [9.17, 15) is 9.18 Å². The fourth-order valence-corrected chi connectivity index (χ4v) is 1.59. The third-order valence-corrected chi connectivity index (χ3v) is 2.72. The molecule has 1 aromatic rings. The zero-order valence-electron chi connectivity index (χ0n) is 12.3. The molecular weight excluding hydrogens is 275 g/mol. The fourth-order valence-electron chi connectivity index (χ4n) is 1.59. The summed E-state index contributed by atoms with van der Waals surface area (Å²) >= 11 is 0. The Labute approximate surface area is 124 Å². The van der Waals surface area contributed by atoms with Crippen LogP contribution in [0.4, 0.5) is 4.39 Å². The van der Waals surface area contributed by atoms with Gasteiger partial charge in [-0.3, -0.25) is 0 Å². The number of hydrogen-bond donors (Lipinski definition) is 1. The fraction of sp³-hybridized carbons (Fsp3) is 0.438. The topological polar surface area (TPSA) is 55.8 Å². The average Bonchev–Trinajstić information content (AvgIpc) is 2.41. The number of benzene rings is 1. The Morgan fingerprint density at radius 2 is 2.10 bits per heavy atom. The summed E-state index contributed by atoms with van der Waals surface area (Å²) in [5.41, 5.74) is 0.389. The predicted molar refractivity (Wildman–Crippen MR) is 78.8 cm³/mol. The van der Waals surface area contributed by atoms with Gasteiger partial charge in [0.1, 0.15) is 6.61 Å². The molecule has 0 saturated carbocycles. The Bertz CT molecular complexity index is 483. The number of halogens is 1. The molecule has 1 N–H and O–H groups in total. The summed E-state index contributed by atoms with van der Waals surface area (Å²) in [7, 11) is 0. The van der Waals surface area contributed by atoms with Crippen LogP contribution in [0, 0.1) is 11.7 Å². The van der Waals surface area contributed by atoms with E-state index < -0.39 is 11.8 Å². The minimum Gasteiger partial charge on any atom is -0.487 e. The lowest BCUT2D eigenvalue weighted by atomic mass is 10.1. The third-order valence-electron chi connectivity index (χ3n) is 2.72. The van der Waals surface area contributed by atoms with Gasteiger partial charge in [0.05, 0.1) is 6.61 Å². The molecule has 0 atom stereocenters. The molecule has 0 aliphatic rings. The Balaban J connectivity index is 2.52. The van der Waals surface area contributed by atoms with Crippen LogP contribution < -0.4 is 4.74 Å². The summed E-state index contributed by atoms with van der Waals surface area (Å²) in [6, 6.07) is 4.37. The minimum atomic E-state index is -1.10. The molecule has 0 unspecified atom stereocenters. The molecule has 0 bridgehead atoms. The van der Waals surface area contributed by atoms with Crippen LogP contribution >= 0.6 is 0 Å². The molecule has 0 aliphatic carbocycles. The molecule has 0 aliphatic heterocycles.